The van der Waals surface area contributed by atoms with E-state index >= 15 is 0 Å². The molecule has 0 aromatic heterocycles. The van der Waals surface area contributed by atoms with Crippen molar-refractivity contribution in [1.29, 1.82) is 0 Å². The number of amides is 1. The second-order valence-corrected chi connectivity index (χ2v) is 5.32. The van der Waals surface area contributed by atoms with Gasteiger partial charge in [-0.15, -0.1) is 0 Å². The van der Waals surface area contributed by atoms with Crippen molar-refractivity contribution in [3.63, 3.8) is 0 Å². The van der Waals surface area contributed by atoms with Crippen LogP contribution in [0.1, 0.15) is 33.6 Å². The molecule has 0 radical (unpaired) electrons. The lowest BCUT2D eigenvalue weighted by atomic mass is 9.82. The maximum absolute atomic E-state index is 11.9. The van der Waals surface area contributed by atoms with Crippen molar-refractivity contribution in [2.24, 2.45) is 5.41 Å². The molecule has 1 saturated heterocycles. The summed E-state index contributed by atoms with van der Waals surface area (Å²) in [6.07, 6.45) is 1.40. The van der Waals surface area contributed by atoms with Gasteiger partial charge in [0.15, 0.2) is 0 Å². The largest absolute Gasteiger partial charge is 0.481 e. The molecule has 1 fully saturated rings. The molecular weight excluding hydrogens is 220 g/mol. The first-order valence-electron chi connectivity index (χ1n) is 6.10. The summed E-state index contributed by atoms with van der Waals surface area (Å²) in [6.45, 7) is 6.94. The van der Waals surface area contributed by atoms with Crippen LogP contribution in [0.3, 0.4) is 0 Å². The van der Waals surface area contributed by atoms with Gasteiger partial charge in [-0.1, -0.05) is 13.8 Å². The van der Waals surface area contributed by atoms with Crippen LogP contribution in [-0.2, 0) is 9.59 Å². The number of rotatable bonds is 4. The first-order valence-corrected chi connectivity index (χ1v) is 6.10. The molecule has 0 spiro atoms. The lowest BCUT2D eigenvalue weighted by Gasteiger charge is -2.37. The summed E-state index contributed by atoms with van der Waals surface area (Å²) in [5, 5.41) is 12.2. The molecule has 0 aromatic rings. The van der Waals surface area contributed by atoms with Crippen LogP contribution in [0.4, 0.5) is 0 Å². The number of hydrogen-bond donors (Lipinski definition) is 2. The number of likely N-dealkylation sites (tertiary alicyclic amines) is 1. The highest BCUT2D eigenvalue weighted by molar-refractivity contribution is 5.80. The third-order valence-corrected chi connectivity index (χ3v) is 3.23. The van der Waals surface area contributed by atoms with E-state index in [1.807, 2.05) is 13.8 Å². The van der Waals surface area contributed by atoms with Crippen molar-refractivity contribution in [3.05, 3.63) is 0 Å². The molecule has 5 nitrogen and oxygen atoms in total. The second-order valence-electron chi connectivity index (χ2n) is 5.32. The van der Waals surface area contributed by atoms with E-state index < -0.39 is 11.4 Å². The Morgan fingerprint density at radius 2 is 2.12 bits per heavy atom. The summed E-state index contributed by atoms with van der Waals surface area (Å²) in [5.41, 5.74) is -0.786. The van der Waals surface area contributed by atoms with E-state index in [4.69, 9.17) is 5.11 Å². The zero-order chi connectivity index (χ0) is 13.1. The van der Waals surface area contributed by atoms with Gasteiger partial charge < -0.3 is 15.3 Å². The monoisotopic (exact) mass is 242 g/mol. The van der Waals surface area contributed by atoms with E-state index in [0.717, 1.165) is 6.42 Å². The van der Waals surface area contributed by atoms with Gasteiger partial charge in [-0.25, -0.2) is 0 Å². The van der Waals surface area contributed by atoms with E-state index in [-0.39, 0.29) is 18.5 Å². The van der Waals surface area contributed by atoms with Gasteiger partial charge in [0.25, 0.3) is 0 Å². The number of aliphatic carboxylic acids is 1. The van der Waals surface area contributed by atoms with Gasteiger partial charge in [-0.2, -0.15) is 0 Å². The molecule has 2 N–H and O–H groups in total. The molecule has 5 heteroatoms. The minimum absolute atomic E-state index is 0.00845. The fraction of sp³-hybridized carbons (Fsp3) is 0.833. The zero-order valence-corrected chi connectivity index (χ0v) is 10.8. The summed E-state index contributed by atoms with van der Waals surface area (Å²) < 4.78 is 0. The average molecular weight is 242 g/mol. The van der Waals surface area contributed by atoms with Crippen LogP contribution in [0.25, 0.3) is 0 Å². The lowest BCUT2D eigenvalue weighted by molar-refractivity contribution is -0.153. The Hall–Kier alpha value is -1.10. The fourth-order valence-electron chi connectivity index (χ4n) is 2.03. The highest BCUT2D eigenvalue weighted by Gasteiger charge is 2.39. The molecule has 0 bridgehead atoms. The van der Waals surface area contributed by atoms with Gasteiger partial charge in [0.2, 0.25) is 5.91 Å². The molecule has 1 amide bonds. The number of hydrogen-bond acceptors (Lipinski definition) is 3. The molecule has 0 saturated carbocycles. The van der Waals surface area contributed by atoms with Crippen LogP contribution in [0, 0.1) is 5.41 Å². The minimum Gasteiger partial charge on any atom is -0.481 e. The summed E-state index contributed by atoms with van der Waals surface area (Å²) in [6, 6.07) is 0.259. The van der Waals surface area contributed by atoms with Gasteiger partial charge in [-0.3, -0.25) is 9.59 Å². The van der Waals surface area contributed by atoms with E-state index in [0.29, 0.717) is 19.5 Å². The van der Waals surface area contributed by atoms with Crippen LogP contribution < -0.4 is 5.32 Å². The van der Waals surface area contributed by atoms with Crippen LogP contribution in [0.5, 0.6) is 0 Å². The molecule has 98 valence electrons. The third kappa shape index (κ3) is 3.70. The molecule has 0 aromatic carbocycles. The smallest absolute Gasteiger partial charge is 0.311 e. The number of carbonyl (C=O) groups is 2. The Bertz CT molecular complexity index is 304. The topological polar surface area (TPSA) is 69.6 Å². The first kappa shape index (κ1) is 14.0. The van der Waals surface area contributed by atoms with Crippen LogP contribution in [0.2, 0.25) is 0 Å². The lowest BCUT2D eigenvalue weighted by Crippen LogP contribution is -2.50. The number of carbonyl (C=O) groups excluding carboxylic acids is 1. The van der Waals surface area contributed by atoms with Crippen molar-refractivity contribution in [1.82, 2.24) is 10.2 Å². The van der Waals surface area contributed by atoms with Crippen molar-refractivity contribution in [2.45, 2.75) is 39.7 Å². The number of carboxylic acids is 1. The van der Waals surface area contributed by atoms with Gasteiger partial charge in [0.05, 0.1) is 12.0 Å². The summed E-state index contributed by atoms with van der Waals surface area (Å²) >= 11 is 0. The maximum atomic E-state index is 11.9. The molecule has 1 aliphatic heterocycles. The quantitative estimate of drug-likeness (QED) is 0.761. The van der Waals surface area contributed by atoms with Gasteiger partial charge >= 0.3 is 5.97 Å². The summed E-state index contributed by atoms with van der Waals surface area (Å²) in [7, 11) is 0. The number of carboxylic acid groups (broad SMARTS) is 1. The molecule has 1 rings (SSSR count). The highest BCUT2D eigenvalue weighted by atomic mass is 16.4. The Kier molecular flexibility index (Phi) is 4.51. The first-order chi connectivity index (χ1) is 7.85. The molecule has 0 aliphatic carbocycles. The van der Waals surface area contributed by atoms with Crippen LogP contribution >= 0.6 is 0 Å². The Morgan fingerprint density at radius 1 is 1.47 bits per heavy atom. The van der Waals surface area contributed by atoms with E-state index in [1.54, 1.807) is 11.8 Å². The molecule has 17 heavy (non-hydrogen) atoms. The predicted octanol–water partition coefficient (Wildman–Crippen LogP) is 0.698. The summed E-state index contributed by atoms with van der Waals surface area (Å²) in [5.74, 6) is -0.822. The van der Waals surface area contributed by atoms with E-state index in [2.05, 4.69) is 5.32 Å². The minimum atomic E-state index is -0.813. The Balaban J connectivity index is 2.54. The third-order valence-electron chi connectivity index (χ3n) is 3.23. The Morgan fingerprint density at radius 3 is 2.65 bits per heavy atom. The standard InChI is InChI=1S/C12H22N2O3/c1-9(2)13-7-10(15)14-6-4-5-12(3,8-14)11(16)17/h9,13H,4-8H2,1-3H3,(H,16,17). The van der Waals surface area contributed by atoms with E-state index in [1.165, 1.54) is 0 Å². The van der Waals surface area contributed by atoms with Gasteiger partial charge in [-0.05, 0) is 19.8 Å². The zero-order valence-electron chi connectivity index (χ0n) is 10.8. The molecular formula is C12H22N2O3. The van der Waals surface area contributed by atoms with Crippen LogP contribution in [-0.4, -0.2) is 47.6 Å². The number of nitrogens with one attached hydrogen (secondary N) is 1. The SMILES string of the molecule is CC(C)NCC(=O)N1CCCC(C)(C(=O)O)C1. The predicted molar refractivity (Wildman–Crippen MR) is 64.7 cm³/mol. The fourth-order valence-corrected chi connectivity index (χ4v) is 2.03. The molecule has 1 atom stereocenters. The second kappa shape index (κ2) is 5.49. The number of piperidine rings is 1. The average Bonchev–Trinajstić information content (AvgIpc) is 2.25. The van der Waals surface area contributed by atoms with Gasteiger partial charge in [0, 0.05) is 19.1 Å². The van der Waals surface area contributed by atoms with Crippen molar-refractivity contribution in [2.75, 3.05) is 19.6 Å². The molecule has 1 heterocycles. The molecule has 1 aliphatic rings. The van der Waals surface area contributed by atoms with Crippen molar-refractivity contribution in [3.8, 4) is 0 Å². The normalized spacial score (nSPS) is 25.1. The maximum Gasteiger partial charge on any atom is 0.311 e. The van der Waals surface area contributed by atoms with E-state index in [9.17, 15) is 9.59 Å². The van der Waals surface area contributed by atoms with Crippen LogP contribution in [0.15, 0.2) is 0 Å². The molecule has 1 unspecified atom stereocenters. The summed E-state index contributed by atoms with van der Waals surface area (Å²) in [4.78, 5) is 24.7. The van der Waals surface area contributed by atoms with Crippen molar-refractivity contribution >= 4 is 11.9 Å². The highest BCUT2D eigenvalue weighted by Crippen LogP contribution is 2.29. The van der Waals surface area contributed by atoms with Gasteiger partial charge in [0.1, 0.15) is 0 Å². The number of nitrogens with zero attached hydrogens (tertiary/aromatic N) is 1. The Labute approximate surface area is 102 Å². The van der Waals surface area contributed by atoms with Crippen molar-refractivity contribution < 1.29 is 14.7 Å².